The molecule has 0 spiro atoms. The first-order valence-electron chi connectivity index (χ1n) is 8.73. The van der Waals surface area contributed by atoms with Gasteiger partial charge in [-0.05, 0) is 17.7 Å². The molecule has 0 N–H and O–H groups in total. The van der Waals surface area contributed by atoms with E-state index >= 15 is 0 Å². The van der Waals surface area contributed by atoms with Crippen LogP contribution in [0.15, 0.2) is 54.6 Å². The van der Waals surface area contributed by atoms with Crippen molar-refractivity contribution < 1.29 is 4.79 Å². The number of amides is 1. The van der Waals surface area contributed by atoms with E-state index in [9.17, 15) is 4.79 Å². The van der Waals surface area contributed by atoms with Gasteiger partial charge < -0.3 is 9.47 Å². The largest absolute Gasteiger partial charge is 0.343 e. The number of fused-ring (bicyclic) bond motifs is 1. The molecule has 0 bridgehead atoms. The van der Waals surface area contributed by atoms with E-state index in [0.29, 0.717) is 0 Å². The highest BCUT2D eigenvalue weighted by atomic mass is 16.1. The van der Waals surface area contributed by atoms with Crippen LogP contribution in [-0.2, 0) is 17.9 Å². The summed E-state index contributed by atoms with van der Waals surface area (Å²) in [6.07, 6.45) is 0.946. The van der Waals surface area contributed by atoms with Gasteiger partial charge in [-0.1, -0.05) is 42.5 Å². The SMILES string of the molecule is O=CN1CCN(Cc2nc3ccccc3n2Cc2ccccc2)CC1. The molecule has 1 saturated heterocycles. The van der Waals surface area contributed by atoms with Crippen molar-refractivity contribution in [3.05, 3.63) is 66.0 Å². The minimum absolute atomic E-state index is 0.794. The second-order valence-corrected chi connectivity index (χ2v) is 6.51. The average molecular weight is 334 g/mol. The number of piperazine rings is 1. The van der Waals surface area contributed by atoms with Gasteiger partial charge in [0.05, 0.1) is 17.6 Å². The van der Waals surface area contributed by atoms with Crippen LogP contribution in [0, 0.1) is 0 Å². The van der Waals surface area contributed by atoms with Gasteiger partial charge in [0.1, 0.15) is 5.82 Å². The Bertz CT molecular complexity index is 851. The lowest BCUT2D eigenvalue weighted by Crippen LogP contribution is -2.45. The van der Waals surface area contributed by atoms with Crippen molar-refractivity contribution in [1.82, 2.24) is 19.4 Å². The maximum Gasteiger partial charge on any atom is 0.209 e. The third-order valence-electron chi connectivity index (χ3n) is 4.84. The predicted octanol–water partition coefficient (Wildman–Crippen LogP) is 2.36. The van der Waals surface area contributed by atoms with Crippen molar-refractivity contribution >= 4 is 17.4 Å². The molecule has 128 valence electrons. The quantitative estimate of drug-likeness (QED) is 0.673. The first-order chi connectivity index (χ1) is 12.3. The molecule has 2 aromatic carbocycles. The Hall–Kier alpha value is -2.66. The molecule has 4 rings (SSSR count). The molecular weight excluding hydrogens is 312 g/mol. The predicted molar refractivity (Wildman–Crippen MR) is 98.2 cm³/mol. The summed E-state index contributed by atoms with van der Waals surface area (Å²) in [6, 6.07) is 18.8. The summed E-state index contributed by atoms with van der Waals surface area (Å²) in [5, 5.41) is 0. The maximum absolute atomic E-state index is 10.9. The van der Waals surface area contributed by atoms with Crippen LogP contribution >= 0.6 is 0 Å². The number of hydrogen-bond acceptors (Lipinski definition) is 3. The molecule has 0 saturated carbocycles. The molecule has 1 aliphatic heterocycles. The number of aromatic nitrogens is 2. The van der Waals surface area contributed by atoms with Crippen LogP contribution in [0.3, 0.4) is 0 Å². The second kappa shape index (κ2) is 7.07. The highest BCUT2D eigenvalue weighted by Crippen LogP contribution is 2.19. The van der Waals surface area contributed by atoms with Crippen LogP contribution < -0.4 is 0 Å². The van der Waals surface area contributed by atoms with Gasteiger partial charge in [-0.15, -0.1) is 0 Å². The number of carbonyl (C=O) groups excluding carboxylic acids is 1. The number of nitrogens with zero attached hydrogens (tertiary/aromatic N) is 4. The van der Waals surface area contributed by atoms with E-state index in [2.05, 4.69) is 51.9 Å². The smallest absolute Gasteiger partial charge is 0.209 e. The summed E-state index contributed by atoms with van der Waals surface area (Å²) in [7, 11) is 0. The van der Waals surface area contributed by atoms with Crippen molar-refractivity contribution in [3.63, 3.8) is 0 Å². The lowest BCUT2D eigenvalue weighted by atomic mass is 10.2. The number of carbonyl (C=O) groups is 1. The third kappa shape index (κ3) is 3.42. The Morgan fingerprint density at radius 2 is 1.60 bits per heavy atom. The Morgan fingerprint density at radius 3 is 2.36 bits per heavy atom. The van der Waals surface area contributed by atoms with Gasteiger partial charge in [0.15, 0.2) is 0 Å². The fraction of sp³-hybridized carbons (Fsp3) is 0.300. The summed E-state index contributed by atoms with van der Waals surface area (Å²) in [5.74, 6) is 1.09. The summed E-state index contributed by atoms with van der Waals surface area (Å²) >= 11 is 0. The number of imidazole rings is 1. The zero-order valence-electron chi connectivity index (χ0n) is 14.2. The van der Waals surface area contributed by atoms with Crippen molar-refractivity contribution in [2.24, 2.45) is 0 Å². The van der Waals surface area contributed by atoms with Gasteiger partial charge in [-0.3, -0.25) is 9.69 Å². The normalized spacial score (nSPS) is 15.6. The molecule has 3 aromatic rings. The fourth-order valence-electron chi connectivity index (χ4n) is 3.42. The Morgan fingerprint density at radius 1 is 0.880 bits per heavy atom. The van der Waals surface area contributed by atoms with E-state index in [1.807, 2.05) is 17.0 Å². The van der Waals surface area contributed by atoms with E-state index < -0.39 is 0 Å². The second-order valence-electron chi connectivity index (χ2n) is 6.51. The molecule has 2 heterocycles. The fourth-order valence-corrected chi connectivity index (χ4v) is 3.42. The zero-order chi connectivity index (χ0) is 17.1. The minimum atomic E-state index is 0.794. The summed E-state index contributed by atoms with van der Waals surface area (Å²) in [5.41, 5.74) is 3.49. The summed E-state index contributed by atoms with van der Waals surface area (Å²) in [4.78, 5) is 20.0. The van der Waals surface area contributed by atoms with Gasteiger partial charge in [-0.25, -0.2) is 4.98 Å². The molecule has 0 radical (unpaired) electrons. The van der Waals surface area contributed by atoms with Gasteiger partial charge in [0, 0.05) is 32.7 Å². The molecule has 0 unspecified atom stereocenters. The van der Waals surface area contributed by atoms with Crippen molar-refractivity contribution in [3.8, 4) is 0 Å². The first-order valence-corrected chi connectivity index (χ1v) is 8.73. The lowest BCUT2D eigenvalue weighted by molar-refractivity contribution is -0.119. The van der Waals surface area contributed by atoms with E-state index in [-0.39, 0.29) is 0 Å². The monoisotopic (exact) mass is 334 g/mol. The summed E-state index contributed by atoms with van der Waals surface area (Å²) < 4.78 is 2.32. The standard InChI is InChI=1S/C20H22N4O/c25-16-23-12-10-22(11-13-23)15-20-21-18-8-4-5-9-19(18)24(20)14-17-6-2-1-3-7-17/h1-9,16H,10-15H2. The number of rotatable bonds is 5. The van der Waals surface area contributed by atoms with Crippen molar-refractivity contribution in [2.75, 3.05) is 26.2 Å². The van der Waals surface area contributed by atoms with E-state index in [1.165, 1.54) is 11.1 Å². The zero-order valence-corrected chi connectivity index (χ0v) is 14.2. The highest BCUT2D eigenvalue weighted by molar-refractivity contribution is 5.76. The molecule has 1 fully saturated rings. The Kier molecular flexibility index (Phi) is 4.48. The van der Waals surface area contributed by atoms with Crippen molar-refractivity contribution in [1.29, 1.82) is 0 Å². The van der Waals surface area contributed by atoms with Gasteiger partial charge in [0.2, 0.25) is 6.41 Å². The number of hydrogen-bond donors (Lipinski definition) is 0. The molecule has 5 nitrogen and oxygen atoms in total. The van der Waals surface area contributed by atoms with Gasteiger partial charge in [-0.2, -0.15) is 0 Å². The van der Waals surface area contributed by atoms with E-state index in [1.54, 1.807) is 0 Å². The maximum atomic E-state index is 10.9. The van der Waals surface area contributed by atoms with Crippen LogP contribution in [0.4, 0.5) is 0 Å². The molecule has 25 heavy (non-hydrogen) atoms. The van der Waals surface area contributed by atoms with Gasteiger partial charge in [0.25, 0.3) is 0 Å². The number of benzene rings is 2. The molecule has 1 aromatic heterocycles. The molecule has 0 aliphatic carbocycles. The number of para-hydroxylation sites is 2. The molecular formula is C20H22N4O. The van der Waals surface area contributed by atoms with Crippen molar-refractivity contribution in [2.45, 2.75) is 13.1 Å². The van der Waals surface area contributed by atoms with Crippen LogP contribution in [0.2, 0.25) is 0 Å². The third-order valence-corrected chi connectivity index (χ3v) is 4.84. The lowest BCUT2D eigenvalue weighted by Gasteiger charge is -2.32. The van der Waals surface area contributed by atoms with Gasteiger partial charge >= 0.3 is 0 Å². The highest BCUT2D eigenvalue weighted by Gasteiger charge is 2.19. The van der Waals surface area contributed by atoms with E-state index in [4.69, 9.17) is 4.98 Å². The molecule has 1 aliphatic rings. The van der Waals surface area contributed by atoms with Crippen LogP contribution in [0.25, 0.3) is 11.0 Å². The Balaban J connectivity index is 1.61. The Labute approximate surface area is 147 Å². The molecule has 1 amide bonds. The molecule has 0 atom stereocenters. The first kappa shape index (κ1) is 15.8. The molecule has 5 heteroatoms. The van der Waals surface area contributed by atoms with E-state index in [0.717, 1.165) is 57.0 Å². The van der Waals surface area contributed by atoms with Crippen LogP contribution in [0.1, 0.15) is 11.4 Å². The topological polar surface area (TPSA) is 41.4 Å². The minimum Gasteiger partial charge on any atom is -0.343 e. The van der Waals surface area contributed by atoms with Crippen LogP contribution in [0.5, 0.6) is 0 Å². The van der Waals surface area contributed by atoms with Crippen LogP contribution in [-0.4, -0.2) is 51.9 Å². The summed E-state index contributed by atoms with van der Waals surface area (Å²) in [6.45, 7) is 5.02. The average Bonchev–Trinajstić information content (AvgIpc) is 3.00.